The lowest BCUT2D eigenvalue weighted by Gasteiger charge is -2.53. The van der Waals surface area contributed by atoms with E-state index in [1.54, 1.807) is 6.92 Å². The topological polar surface area (TPSA) is 163 Å². The highest BCUT2D eigenvalue weighted by Crippen LogP contribution is 2.79. The summed E-state index contributed by atoms with van der Waals surface area (Å²) >= 11 is 0. The molecule has 0 amide bonds. The number of carbonyl (C=O) groups is 3. The number of esters is 2. The fourth-order valence-corrected chi connectivity index (χ4v) is 9.33. The lowest BCUT2D eigenvalue weighted by Crippen LogP contribution is -2.69. The molecule has 42 heavy (non-hydrogen) atoms. The van der Waals surface area contributed by atoms with Crippen molar-refractivity contribution in [1.29, 1.82) is 0 Å². The van der Waals surface area contributed by atoms with Gasteiger partial charge in [0.25, 0.3) is 0 Å². The van der Waals surface area contributed by atoms with E-state index in [0.29, 0.717) is 6.42 Å². The molecule has 3 saturated carbocycles. The van der Waals surface area contributed by atoms with Crippen LogP contribution in [0.1, 0.15) is 92.9 Å². The lowest BCUT2D eigenvalue weighted by molar-refractivity contribution is -0.244. The quantitative estimate of drug-likeness (QED) is 0.159. The van der Waals surface area contributed by atoms with Gasteiger partial charge in [-0.2, -0.15) is 0 Å². The van der Waals surface area contributed by atoms with Gasteiger partial charge in [0.2, 0.25) is 0 Å². The van der Waals surface area contributed by atoms with Crippen LogP contribution in [0.5, 0.6) is 0 Å². The molecule has 0 aromatic carbocycles. The Morgan fingerprint density at radius 1 is 1.07 bits per heavy atom. The third kappa shape index (κ3) is 3.97. The molecule has 10 heteroatoms. The molecule has 236 valence electrons. The maximum atomic E-state index is 13.4. The predicted octanol–water partition coefficient (Wildman–Crippen LogP) is 2.37. The monoisotopic (exact) mass is 592 g/mol. The van der Waals surface area contributed by atoms with Crippen LogP contribution in [0.15, 0.2) is 11.6 Å². The van der Waals surface area contributed by atoms with Crippen molar-refractivity contribution in [3.8, 4) is 0 Å². The van der Waals surface area contributed by atoms with Gasteiger partial charge in [0, 0.05) is 42.4 Å². The molecule has 0 aromatic heterocycles. The minimum absolute atomic E-state index is 0.170. The van der Waals surface area contributed by atoms with E-state index in [1.807, 2.05) is 13.8 Å². The standard InChI is InChI=1S/C32H48O10/c1-7-8-9-10-11-12-13-14-21(35)40-25-18(3)30(38)20-15-17(2)24(36)31(20,39)27(37)29(16-33)26(42-29)22(30)23-28(5,6)32(23,25)41-19(4)34/h15,18,20,22-23,25-27,33,37-39H,7-14,16H2,1-6H3/t18-,20+,22-,23-,25-,26+,27-,29+,30+,31-,32-/m1/s1. The van der Waals surface area contributed by atoms with Crippen molar-refractivity contribution in [2.45, 2.75) is 134 Å². The molecule has 4 fully saturated rings. The molecule has 0 aromatic rings. The zero-order valence-electron chi connectivity index (χ0n) is 25.7. The van der Waals surface area contributed by atoms with Gasteiger partial charge in [-0.25, -0.2) is 0 Å². The molecule has 0 bridgehead atoms. The van der Waals surface area contributed by atoms with Crippen molar-refractivity contribution in [2.24, 2.45) is 29.1 Å². The largest absolute Gasteiger partial charge is 0.458 e. The van der Waals surface area contributed by atoms with Gasteiger partial charge in [0.05, 0.1) is 18.3 Å². The van der Waals surface area contributed by atoms with Crippen molar-refractivity contribution in [3.05, 3.63) is 11.6 Å². The summed E-state index contributed by atoms with van der Waals surface area (Å²) in [6.07, 6.45) is 4.99. The molecular weight excluding hydrogens is 544 g/mol. The first-order chi connectivity index (χ1) is 19.6. The van der Waals surface area contributed by atoms with Crippen LogP contribution in [-0.4, -0.2) is 85.5 Å². The van der Waals surface area contributed by atoms with E-state index in [2.05, 4.69) is 6.92 Å². The first-order valence-electron chi connectivity index (χ1n) is 15.7. The van der Waals surface area contributed by atoms with E-state index in [4.69, 9.17) is 14.2 Å². The molecule has 1 aliphatic heterocycles. The van der Waals surface area contributed by atoms with Gasteiger partial charge in [-0.05, 0) is 18.9 Å². The third-order valence-corrected chi connectivity index (χ3v) is 11.6. The molecule has 1 saturated heterocycles. The molecule has 10 nitrogen and oxygen atoms in total. The summed E-state index contributed by atoms with van der Waals surface area (Å²) in [4.78, 5) is 39.2. The van der Waals surface area contributed by atoms with E-state index in [-0.39, 0.29) is 12.0 Å². The van der Waals surface area contributed by atoms with Crippen LogP contribution >= 0.6 is 0 Å². The van der Waals surface area contributed by atoms with Gasteiger partial charge in [-0.3, -0.25) is 14.4 Å². The number of rotatable bonds is 11. The van der Waals surface area contributed by atoms with E-state index < -0.39 is 94.1 Å². The number of Topliss-reactive ketones (excluding diaryl/α,β-unsaturated/α-hetero) is 1. The molecule has 5 aliphatic rings. The number of aliphatic hydroxyl groups is 4. The fraction of sp³-hybridized carbons (Fsp3) is 0.844. The van der Waals surface area contributed by atoms with Crippen molar-refractivity contribution >= 4 is 17.7 Å². The average molecular weight is 593 g/mol. The van der Waals surface area contributed by atoms with Crippen LogP contribution in [0.4, 0.5) is 0 Å². The summed E-state index contributed by atoms with van der Waals surface area (Å²) in [5.74, 6) is -5.50. The number of hydrogen-bond donors (Lipinski definition) is 4. The Balaban J connectivity index is 1.51. The Labute approximate surface area is 247 Å². The summed E-state index contributed by atoms with van der Waals surface area (Å²) in [6.45, 7) is 9.67. The summed E-state index contributed by atoms with van der Waals surface area (Å²) in [7, 11) is 0. The van der Waals surface area contributed by atoms with Crippen molar-refractivity contribution in [1.82, 2.24) is 0 Å². The molecule has 0 unspecified atom stereocenters. The summed E-state index contributed by atoms with van der Waals surface area (Å²) in [5, 5.41) is 46.7. The van der Waals surface area contributed by atoms with Crippen LogP contribution in [0, 0.1) is 29.1 Å². The van der Waals surface area contributed by atoms with Gasteiger partial charge >= 0.3 is 11.9 Å². The number of ether oxygens (including phenoxy) is 3. The highest BCUT2D eigenvalue weighted by Gasteiger charge is 2.93. The highest BCUT2D eigenvalue weighted by atomic mass is 16.6. The average Bonchev–Trinajstić information content (AvgIpc) is 3.75. The van der Waals surface area contributed by atoms with Gasteiger partial charge < -0.3 is 34.6 Å². The Morgan fingerprint density at radius 2 is 1.69 bits per heavy atom. The molecule has 1 heterocycles. The third-order valence-electron chi connectivity index (χ3n) is 11.6. The second kappa shape index (κ2) is 10.4. The number of carbonyl (C=O) groups excluding carboxylic acids is 3. The Hall–Kier alpha value is -1.85. The number of aliphatic hydroxyl groups excluding tert-OH is 2. The van der Waals surface area contributed by atoms with Crippen molar-refractivity contribution in [2.75, 3.05) is 6.61 Å². The number of hydrogen-bond acceptors (Lipinski definition) is 10. The number of epoxide rings is 1. The zero-order valence-corrected chi connectivity index (χ0v) is 25.7. The predicted molar refractivity (Wildman–Crippen MR) is 150 cm³/mol. The van der Waals surface area contributed by atoms with Gasteiger partial charge in [-0.15, -0.1) is 0 Å². The van der Waals surface area contributed by atoms with E-state index in [9.17, 15) is 34.8 Å². The Morgan fingerprint density at radius 3 is 2.29 bits per heavy atom. The molecule has 0 spiro atoms. The summed E-state index contributed by atoms with van der Waals surface area (Å²) in [6, 6.07) is 0. The van der Waals surface area contributed by atoms with E-state index >= 15 is 0 Å². The first-order valence-corrected chi connectivity index (χ1v) is 15.7. The van der Waals surface area contributed by atoms with Crippen LogP contribution in [0.3, 0.4) is 0 Å². The van der Waals surface area contributed by atoms with Gasteiger partial charge in [0.1, 0.15) is 17.8 Å². The Bertz CT molecular complexity index is 1160. The molecule has 4 N–H and O–H groups in total. The van der Waals surface area contributed by atoms with E-state index in [1.165, 1.54) is 32.8 Å². The minimum atomic E-state index is -2.47. The smallest absolute Gasteiger partial charge is 0.306 e. The maximum Gasteiger partial charge on any atom is 0.306 e. The number of unbranched alkanes of at least 4 members (excludes halogenated alkanes) is 6. The summed E-state index contributed by atoms with van der Waals surface area (Å²) in [5.41, 5.74) is -8.02. The zero-order chi connectivity index (χ0) is 31.0. The first kappa shape index (κ1) is 31.6. The van der Waals surface area contributed by atoms with Crippen molar-refractivity contribution < 1.29 is 49.0 Å². The van der Waals surface area contributed by atoms with E-state index in [0.717, 1.165) is 25.7 Å². The normalized spacial score (nSPS) is 45.9. The molecule has 0 radical (unpaired) electrons. The van der Waals surface area contributed by atoms with Crippen LogP contribution in [0.2, 0.25) is 0 Å². The molecule has 4 aliphatic carbocycles. The molecular formula is C32H48O10. The highest BCUT2D eigenvalue weighted by molar-refractivity contribution is 6.05. The van der Waals surface area contributed by atoms with Crippen LogP contribution < -0.4 is 0 Å². The minimum Gasteiger partial charge on any atom is -0.458 e. The second-order valence-electron chi connectivity index (χ2n) is 14.1. The second-order valence-corrected chi connectivity index (χ2v) is 14.1. The SMILES string of the molecule is CCCCCCCCCC(=O)O[C@@H]1[C@@H](C)[C@@]2(O)[C@H]([C@@H]3C(C)(C)[C@]13OC(C)=O)[C@@H]1O[C@]1(CO)[C@@H](O)[C@]1(O)C(=O)C(C)=C[C@H]12. The maximum absolute atomic E-state index is 13.4. The number of ketones is 1. The Kier molecular flexibility index (Phi) is 7.79. The molecule has 11 atom stereocenters. The van der Waals surface area contributed by atoms with Crippen LogP contribution in [-0.2, 0) is 28.6 Å². The fourth-order valence-electron chi connectivity index (χ4n) is 9.33. The van der Waals surface area contributed by atoms with Crippen molar-refractivity contribution in [3.63, 3.8) is 0 Å². The number of fused-ring (bicyclic) bond motifs is 7. The van der Waals surface area contributed by atoms with Crippen LogP contribution in [0.25, 0.3) is 0 Å². The van der Waals surface area contributed by atoms with Gasteiger partial charge in [-0.1, -0.05) is 72.3 Å². The molecule has 5 rings (SSSR count). The summed E-state index contributed by atoms with van der Waals surface area (Å²) < 4.78 is 18.2. The lowest BCUT2D eigenvalue weighted by atomic mass is 9.58. The van der Waals surface area contributed by atoms with Gasteiger partial charge in [0.15, 0.2) is 17.0 Å².